The number of methoxy groups -OCH3 is 2. The average Bonchev–Trinajstić information content (AvgIpc) is 2.70. The smallest absolute Gasteiger partial charge is 0.330 e. The minimum Gasteiger partial charge on any atom is -0.468 e. The average molecular weight is 390 g/mol. The van der Waals surface area contributed by atoms with Crippen LogP contribution in [-0.4, -0.2) is 46.1 Å². The Morgan fingerprint density at radius 2 is 1.78 bits per heavy atom. The fraction of sp³-hybridized carbons (Fsp3) is 0.167. The molecule has 0 saturated carbocycles. The molecule has 1 aromatic heterocycles. The van der Waals surface area contributed by atoms with E-state index in [1.165, 1.54) is 37.6 Å². The van der Waals surface area contributed by atoms with E-state index in [4.69, 9.17) is 0 Å². The van der Waals surface area contributed by atoms with Crippen LogP contribution in [0.3, 0.4) is 0 Å². The summed E-state index contributed by atoms with van der Waals surface area (Å²) in [6.07, 6.45) is 3.90. The largest absolute Gasteiger partial charge is 0.468 e. The van der Waals surface area contributed by atoms with Gasteiger partial charge in [0.1, 0.15) is 6.54 Å². The Hall–Kier alpha value is -3.20. The van der Waals surface area contributed by atoms with Crippen molar-refractivity contribution in [3.63, 3.8) is 0 Å². The van der Waals surface area contributed by atoms with Crippen LogP contribution in [0.5, 0.6) is 0 Å². The van der Waals surface area contributed by atoms with E-state index >= 15 is 0 Å². The van der Waals surface area contributed by atoms with Gasteiger partial charge < -0.3 is 9.47 Å². The standard InChI is InChI=1S/C18H18N2O6S/c1-25-17(21)11-10-14-7-3-4-8-15(14)20(13-18(22)26-2)27(23,24)16-9-5-6-12-19-16/h3-12H,13H2,1-2H3/b11-10+. The summed E-state index contributed by atoms with van der Waals surface area (Å²) in [5.74, 6) is -1.35. The van der Waals surface area contributed by atoms with Crippen molar-refractivity contribution in [3.05, 3.63) is 60.3 Å². The Morgan fingerprint density at radius 1 is 1.07 bits per heavy atom. The highest BCUT2D eigenvalue weighted by molar-refractivity contribution is 7.92. The van der Waals surface area contributed by atoms with Crippen LogP contribution in [0.15, 0.2) is 59.8 Å². The molecule has 2 rings (SSSR count). The molecule has 8 nitrogen and oxygen atoms in total. The molecule has 0 amide bonds. The molecule has 9 heteroatoms. The quantitative estimate of drug-likeness (QED) is 0.523. The molecule has 142 valence electrons. The van der Waals surface area contributed by atoms with E-state index in [1.54, 1.807) is 24.3 Å². The van der Waals surface area contributed by atoms with Crippen LogP contribution in [0.1, 0.15) is 5.56 Å². The van der Waals surface area contributed by atoms with Gasteiger partial charge in [0.2, 0.25) is 0 Å². The first-order chi connectivity index (χ1) is 12.9. The van der Waals surface area contributed by atoms with Crippen LogP contribution in [-0.2, 0) is 29.1 Å². The zero-order valence-corrected chi connectivity index (χ0v) is 15.5. The lowest BCUT2D eigenvalue weighted by Crippen LogP contribution is -2.37. The van der Waals surface area contributed by atoms with Gasteiger partial charge in [-0.15, -0.1) is 0 Å². The second-order valence-electron chi connectivity index (χ2n) is 5.17. The van der Waals surface area contributed by atoms with Gasteiger partial charge in [-0.1, -0.05) is 24.3 Å². The third-order valence-corrected chi connectivity index (χ3v) is 5.17. The minimum atomic E-state index is -4.15. The van der Waals surface area contributed by atoms with Crippen molar-refractivity contribution in [2.24, 2.45) is 0 Å². The summed E-state index contributed by atoms with van der Waals surface area (Å²) < 4.78 is 36.2. The number of ether oxygens (including phenoxy) is 2. The molecule has 0 aliphatic heterocycles. The van der Waals surface area contributed by atoms with Gasteiger partial charge >= 0.3 is 11.9 Å². The Labute approximate surface area is 157 Å². The highest BCUT2D eigenvalue weighted by Gasteiger charge is 2.29. The number of pyridine rings is 1. The van der Waals surface area contributed by atoms with Crippen LogP contribution in [0.2, 0.25) is 0 Å². The van der Waals surface area contributed by atoms with Gasteiger partial charge in [-0.2, -0.15) is 8.42 Å². The van der Waals surface area contributed by atoms with E-state index in [9.17, 15) is 18.0 Å². The fourth-order valence-electron chi connectivity index (χ4n) is 2.18. The molecule has 0 atom stereocenters. The topological polar surface area (TPSA) is 103 Å². The third kappa shape index (κ3) is 4.91. The van der Waals surface area contributed by atoms with Crippen molar-refractivity contribution >= 4 is 33.7 Å². The van der Waals surface area contributed by atoms with Gasteiger partial charge in [-0.25, -0.2) is 9.78 Å². The van der Waals surface area contributed by atoms with E-state index in [-0.39, 0.29) is 10.7 Å². The van der Waals surface area contributed by atoms with Gasteiger partial charge in [-0.3, -0.25) is 9.10 Å². The van der Waals surface area contributed by atoms with Crippen LogP contribution in [0, 0.1) is 0 Å². The number of carbonyl (C=O) groups excluding carboxylic acids is 2. The Morgan fingerprint density at radius 3 is 2.41 bits per heavy atom. The van der Waals surface area contributed by atoms with E-state index in [0.717, 1.165) is 17.5 Å². The number of aromatic nitrogens is 1. The maximum atomic E-state index is 13.1. The number of esters is 2. The van der Waals surface area contributed by atoms with Gasteiger partial charge in [-0.05, 0) is 29.8 Å². The maximum absolute atomic E-state index is 13.1. The molecule has 0 N–H and O–H groups in total. The summed E-state index contributed by atoms with van der Waals surface area (Å²) in [6, 6.07) is 10.8. The number of para-hydroxylation sites is 1. The molecule has 27 heavy (non-hydrogen) atoms. The lowest BCUT2D eigenvalue weighted by Gasteiger charge is -2.24. The van der Waals surface area contributed by atoms with Gasteiger partial charge in [0.25, 0.3) is 10.0 Å². The van der Waals surface area contributed by atoms with Crippen LogP contribution in [0.25, 0.3) is 6.08 Å². The molecule has 0 fully saturated rings. The molecule has 1 heterocycles. The molecule has 0 saturated heterocycles. The lowest BCUT2D eigenvalue weighted by atomic mass is 10.1. The van der Waals surface area contributed by atoms with E-state index < -0.39 is 28.5 Å². The SMILES string of the molecule is COC(=O)/C=C/c1ccccc1N(CC(=O)OC)S(=O)(=O)c1ccccn1. The van der Waals surface area contributed by atoms with Crippen molar-refractivity contribution in [2.45, 2.75) is 5.03 Å². The van der Waals surface area contributed by atoms with Gasteiger partial charge in [0.05, 0.1) is 19.9 Å². The van der Waals surface area contributed by atoms with Crippen LogP contribution in [0.4, 0.5) is 5.69 Å². The summed E-state index contributed by atoms with van der Waals surface area (Å²) in [4.78, 5) is 27.1. The van der Waals surface area contributed by atoms with E-state index in [2.05, 4.69) is 14.5 Å². The maximum Gasteiger partial charge on any atom is 0.330 e. The minimum absolute atomic E-state index is 0.189. The van der Waals surface area contributed by atoms with Crippen molar-refractivity contribution in [3.8, 4) is 0 Å². The highest BCUT2D eigenvalue weighted by atomic mass is 32.2. The van der Waals surface area contributed by atoms with E-state index in [0.29, 0.717) is 5.56 Å². The Balaban J connectivity index is 2.58. The number of hydrogen-bond donors (Lipinski definition) is 0. The second-order valence-corrected chi connectivity index (χ2v) is 6.98. The molecule has 1 aromatic carbocycles. The Kier molecular flexibility index (Phi) is 6.67. The first-order valence-corrected chi connectivity index (χ1v) is 9.19. The monoisotopic (exact) mass is 390 g/mol. The summed E-state index contributed by atoms with van der Waals surface area (Å²) in [5.41, 5.74) is 0.583. The predicted octanol–water partition coefficient (Wildman–Crippen LogP) is 1.64. The number of nitrogens with zero attached hydrogens (tertiary/aromatic N) is 2. The number of hydrogen-bond acceptors (Lipinski definition) is 7. The molecule has 0 spiro atoms. The van der Waals surface area contributed by atoms with Crippen molar-refractivity contribution in [1.29, 1.82) is 0 Å². The second kappa shape index (κ2) is 8.95. The highest BCUT2D eigenvalue weighted by Crippen LogP contribution is 2.27. The molecule has 2 aromatic rings. The molecular weight excluding hydrogens is 372 g/mol. The first kappa shape index (κ1) is 20.1. The van der Waals surface area contributed by atoms with Crippen molar-refractivity contribution < 1.29 is 27.5 Å². The zero-order chi connectivity index (χ0) is 19.9. The number of sulfonamides is 1. The summed E-state index contributed by atoms with van der Waals surface area (Å²) >= 11 is 0. The third-order valence-electron chi connectivity index (χ3n) is 3.50. The molecule has 0 aliphatic carbocycles. The van der Waals surface area contributed by atoms with Gasteiger partial charge in [0.15, 0.2) is 5.03 Å². The molecular formula is C18H18N2O6S. The number of carbonyl (C=O) groups is 2. The zero-order valence-electron chi connectivity index (χ0n) is 14.7. The van der Waals surface area contributed by atoms with Crippen LogP contribution >= 0.6 is 0 Å². The Bertz CT molecular complexity index is 941. The van der Waals surface area contributed by atoms with Gasteiger partial charge in [0, 0.05) is 12.3 Å². The fourth-order valence-corrected chi connectivity index (χ4v) is 3.55. The van der Waals surface area contributed by atoms with Crippen LogP contribution < -0.4 is 4.31 Å². The molecule has 0 aliphatic rings. The van der Waals surface area contributed by atoms with Crippen molar-refractivity contribution in [1.82, 2.24) is 4.98 Å². The summed E-state index contributed by atoms with van der Waals surface area (Å²) in [5, 5.41) is -0.222. The first-order valence-electron chi connectivity index (χ1n) is 7.75. The molecule has 0 radical (unpaired) electrons. The lowest BCUT2D eigenvalue weighted by molar-refractivity contribution is -0.138. The summed E-state index contributed by atoms with van der Waals surface area (Å²) in [6.45, 7) is -0.557. The molecule has 0 bridgehead atoms. The van der Waals surface area contributed by atoms with E-state index in [1.807, 2.05) is 0 Å². The number of benzene rings is 1. The number of rotatable bonds is 7. The van der Waals surface area contributed by atoms with Crippen molar-refractivity contribution in [2.75, 3.05) is 25.1 Å². The summed E-state index contributed by atoms with van der Waals surface area (Å²) in [7, 11) is -1.76. The predicted molar refractivity (Wildman–Crippen MR) is 98.3 cm³/mol. The normalized spacial score (nSPS) is 11.2. The molecule has 0 unspecified atom stereocenters. The number of anilines is 1.